The van der Waals surface area contributed by atoms with Crippen LogP contribution in [0.1, 0.15) is 48.0 Å². The van der Waals surface area contributed by atoms with Crippen molar-refractivity contribution < 1.29 is 37.8 Å². The highest BCUT2D eigenvalue weighted by Crippen LogP contribution is 2.43. The minimum absolute atomic E-state index is 0.0123. The van der Waals surface area contributed by atoms with Crippen molar-refractivity contribution in [3.8, 4) is 0 Å². The smallest absolute Gasteiger partial charge is 0.302 e. The first-order valence-corrected chi connectivity index (χ1v) is 15.7. The molecule has 9 nitrogen and oxygen atoms in total. The predicted molar refractivity (Wildman–Crippen MR) is 149 cm³/mol. The Kier molecular flexibility index (Phi) is 7.95. The van der Waals surface area contributed by atoms with Gasteiger partial charge in [0.1, 0.15) is 31.0 Å². The number of hydrogen-bond donors (Lipinski definition) is 0. The zero-order valence-corrected chi connectivity index (χ0v) is 25.0. The van der Waals surface area contributed by atoms with E-state index >= 15 is 0 Å². The summed E-state index contributed by atoms with van der Waals surface area (Å²) in [4.78, 5) is 30.1. The Hall–Kier alpha value is -2.60. The van der Waals surface area contributed by atoms with Crippen LogP contribution >= 0.6 is 0 Å². The van der Waals surface area contributed by atoms with Gasteiger partial charge in [0.2, 0.25) is 0 Å². The minimum Gasteiger partial charge on any atom is -0.463 e. The maximum atomic E-state index is 13.0. The van der Waals surface area contributed by atoms with Crippen LogP contribution < -0.4 is 10.4 Å². The average molecular weight is 570 g/mol. The second kappa shape index (κ2) is 11.0. The van der Waals surface area contributed by atoms with Gasteiger partial charge in [0.15, 0.2) is 12.0 Å². The maximum absolute atomic E-state index is 13.0. The Morgan fingerprint density at radius 3 is 2.10 bits per heavy atom. The van der Waals surface area contributed by atoms with Crippen molar-refractivity contribution in [2.45, 2.75) is 89.4 Å². The van der Waals surface area contributed by atoms with E-state index in [4.69, 9.17) is 28.2 Å². The number of rotatable bonds is 8. The zero-order chi connectivity index (χ0) is 28.7. The van der Waals surface area contributed by atoms with Crippen LogP contribution in [0.4, 0.5) is 0 Å². The summed E-state index contributed by atoms with van der Waals surface area (Å²) < 4.78 is 31.2. The normalized spacial score (nSPS) is 28.1. The number of amides is 1. The fourth-order valence-corrected chi connectivity index (χ4v) is 10.6. The van der Waals surface area contributed by atoms with Crippen LogP contribution in [0.15, 0.2) is 60.7 Å². The van der Waals surface area contributed by atoms with Crippen LogP contribution in [-0.2, 0) is 37.8 Å². The van der Waals surface area contributed by atoms with Gasteiger partial charge in [-0.2, -0.15) is 5.06 Å². The molecule has 10 heteroatoms. The summed E-state index contributed by atoms with van der Waals surface area (Å²) in [6.07, 6.45) is -2.88. The molecule has 0 spiro atoms. The van der Waals surface area contributed by atoms with Gasteiger partial charge in [0.05, 0.1) is 13.0 Å². The molecule has 3 heterocycles. The molecule has 0 bridgehead atoms. The van der Waals surface area contributed by atoms with Gasteiger partial charge < -0.3 is 23.4 Å². The highest BCUT2D eigenvalue weighted by atomic mass is 28.4. The summed E-state index contributed by atoms with van der Waals surface area (Å²) in [5.74, 6) is -1.56. The van der Waals surface area contributed by atoms with Gasteiger partial charge in [-0.1, -0.05) is 81.4 Å². The second-order valence-corrected chi connectivity index (χ2v) is 16.4. The number of carbonyl (C=O) groups excluding carboxylic acids is 2. The van der Waals surface area contributed by atoms with E-state index in [1.54, 1.807) is 0 Å². The number of hydrogen-bond acceptors (Lipinski definition) is 8. The molecule has 0 aliphatic carbocycles. The molecule has 2 aromatic rings. The van der Waals surface area contributed by atoms with Crippen molar-refractivity contribution in [2.24, 2.45) is 0 Å². The molecule has 5 rings (SSSR count). The number of nitrogens with zero attached hydrogens (tertiary/aromatic N) is 1. The van der Waals surface area contributed by atoms with Crippen LogP contribution in [0, 0.1) is 0 Å². The lowest BCUT2D eigenvalue weighted by Gasteiger charge is -2.43. The summed E-state index contributed by atoms with van der Waals surface area (Å²) in [5.41, 5.74) is 0. The topological polar surface area (TPSA) is 92.8 Å². The van der Waals surface area contributed by atoms with Crippen LogP contribution in [0.25, 0.3) is 0 Å². The number of benzene rings is 2. The fraction of sp³-hybridized carbons (Fsp3) is 0.533. The molecule has 0 N–H and O–H groups in total. The van der Waals surface area contributed by atoms with Crippen LogP contribution in [-0.4, -0.2) is 74.9 Å². The highest BCUT2D eigenvalue weighted by Gasteiger charge is 2.60. The monoisotopic (exact) mass is 569 g/mol. The third-order valence-corrected chi connectivity index (χ3v) is 12.6. The van der Waals surface area contributed by atoms with E-state index in [0.717, 1.165) is 10.4 Å². The first kappa shape index (κ1) is 28.9. The molecule has 2 aromatic carbocycles. The van der Waals surface area contributed by atoms with E-state index in [-0.39, 0.29) is 30.6 Å². The van der Waals surface area contributed by atoms with E-state index in [0.29, 0.717) is 0 Å². The summed E-state index contributed by atoms with van der Waals surface area (Å²) in [6.45, 7) is 11.9. The van der Waals surface area contributed by atoms with Crippen molar-refractivity contribution >= 4 is 30.6 Å². The molecule has 0 radical (unpaired) electrons. The number of carbonyl (C=O) groups is 2. The van der Waals surface area contributed by atoms with Crippen LogP contribution in [0.2, 0.25) is 5.04 Å². The number of hydroxylamine groups is 2. The molecule has 5 atom stereocenters. The molecule has 0 saturated carbocycles. The number of ether oxygens (including phenoxy) is 4. The van der Waals surface area contributed by atoms with Crippen molar-refractivity contribution in [2.75, 3.05) is 13.2 Å². The summed E-state index contributed by atoms with van der Waals surface area (Å²) >= 11 is 0. The molecule has 0 aromatic heterocycles. The van der Waals surface area contributed by atoms with Gasteiger partial charge in [0.25, 0.3) is 14.2 Å². The summed E-state index contributed by atoms with van der Waals surface area (Å²) in [6, 6.07) is 20.8. The Labute approximate surface area is 236 Å². The zero-order valence-electron chi connectivity index (χ0n) is 24.0. The predicted octanol–water partition coefficient (Wildman–Crippen LogP) is 2.90. The summed E-state index contributed by atoms with van der Waals surface area (Å²) in [5, 5.41) is 3.33. The Morgan fingerprint density at radius 1 is 0.975 bits per heavy atom. The fourth-order valence-electron chi connectivity index (χ4n) is 5.99. The SMILES string of the molecule is CC(=O)OCC1CC(=O)N([C@@H]2O[C@H](CO[Si](c3ccccc3)(c3ccccc3)C(C)(C)C)[C@@H]3OC(C)(C)O[C@@H]32)O1. The Balaban J connectivity index is 1.43. The van der Waals surface area contributed by atoms with Crippen LogP contribution in [0.3, 0.4) is 0 Å². The van der Waals surface area contributed by atoms with E-state index in [1.165, 1.54) is 12.0 Å². The molecule has 3 aliphatic heterocycles. The molecule has 3 fully saturated rings. The third-order valence-electron chi connectivity index (χ3n) is 7.62. The average Bonchev–Trinajstić information content (AvgIpc) is 3.53. The summed E-state index contributed by atoms with van der Waals surface area (Å²) in [7, 11) is -2.83. The first-order valence-electron chi connectivity index (χ1n) is 13.8. The molecule has 216 valence electrons. The second-order valence-electron chi connectivity index (χ2n) is 12.1. The minimum atomic E-state index is -2.83. The van der Waals surface area contributed by atoms with E-state index in [1.807, 2.05) is 50.2 Å². The molecular formula is C30H39NO8Si. The molecule has 3 saturated heterocycles. The van der Waals surface area contributed by atoms with E-state index < -0.39 is 50.7 Å². The third kappa shape index (κ3) is 5.48. The lowest BCUT2D eigenvalue weighted by Crippen LogP contribution is -2.67. The van der Waals surface area contributed by atoms with E-state index in [9.17, 15) is 9.59 Å². The van der Waals surface area contributed by atoms with Crippen LogP contribution in [0.5, 0.6) is 0 Å². The Bertz CT molecular complexity index is 1160. The maximum Gasteiger partial charge on any atom is 0.302 e. The van der Waals surface area contributed by atoms with Crippen molar-refractivity contribution in [1.82, 2.24) is 5.06 Å². The van der Waals surface area contributed by atoms with Gasteiger partial charge in [0, 0.05) is 6.92 Å². The van der Waals surface area contributed by atoms with Crippen molar-refractivity contribution in [3.05, 3.63) is 60.7 Å². The number of fused-ring (bicyclic) bond motifs is 1. The number of esters is 1. The molecule has 3 aliphatic rings. The lowest BCUT2D eigenvalue weighted by molar-refractivity contribution is -0.271. The molecule has 1 unspecified atom stereocenters. The lowest BCUT2D eigenvalue weighted by atomic mass is 10.1. The van der Waals surface area contributed by atoms with Crippen molar-refractivity contribution in [3.63, 3.8) is 0 Å². The molecular weight excluding hydrogens is 530 g/mol. The first-order chi connectivity index (χ1) is 18.9. The van der Waals surface area contributed by atoms with Gasteiger partial charge >= 0.3 is 5.97 Å². The molecule has 40 heavy (non-hydrogen) atoms. The van der Waals surface area contributed by atoms with Gasteiger partial charge in [-0.25, -0.2) is 0 Å². The Morgan fingerprint density at radius 2 is 1.55 bits per heavy atom. The van der Waals surface area contributed by atoms with Gasteiger partial charge in [-0.05, 0) is 29.3 Å². The largest absolute Gasteiger partial charge is 0.463 e. The highest BCUT2D eigenvalue weighted by molar-refractivity contribution is 6.99. The van der Waals surface area contributed by atoms with Crippen molar-refractivity contribution in [1.29, 1.82) is 0 Å². The standard InChI is InChI=1S/C30H39NO8Si/c1-20(32)34-18-21-17-25(33)31(39-21)28-27-26(37-30(5,6)38-27)24(36-28)19-35-40(29(2,3)4,22-13-9-7-10-14-22)23-15-11-8-12-16-23/h7-16,21,24,26-28H,17-19H2,1-6H3/t21?,24-,26+,27+,28-/m1/s1. The van der Waals surface area contributed by atoms with Gasteiger partial charge in [-0.3, -0.25) is 14.4 Å². The quantitative estimate of drug-likeness (QED) is 0.354. The van der Waals surface area contributed by atoms with Gasteiger partial charge in [-0.15, -0.1) is 0 Å². The van der Waals surface area contributed by atoms with E-state index in [2.05, 4.69) is 45.0 Å². The molecule has 1 amide bonds.